The normalized spacial score (nSPS) is 28.9. The molecule has 1 saturated carbocycles. The van der Waals surface area contributed by atoms with Crippen molar-refractivity contribution in [1.82, 2.24) is 5.32 Å². The number of carbonyl (C=O) groups excluding carboxylic acids is 1. The molecule has 3 rings (SSSR count). The molecule has 1 aliphatic carbocycles. The van der Waals surface area contributed by atoms with Crippen LogP contribution < -0.4 is 10.6 Å². The van der Waals surface area contributed by atoms with Crippen molar-refractivity contribution in [2.45, 2.75) is 44.2 Å². The van der Waals surface area contributed by atoms with Crippen LogP contribution in [0.5, 0.6) is 5.75 Å². The van der Waals surface area contributed by atoms with Gasteiger partial charge in [0.15, 0.2) is 5.75 Å². The molecule has 2 fully saturated rings. The van der Waals surface area contributed by atoms with Gasteiger partial charge < -0.3 is 15.7 Å². The van der Waals surface area contributed by atoms with E-state index in [1.54, 1.807) is 18.2 Å². The highest BCUT2D eigenvalue weighted by atomic mass is 79.9. The third-order valence-corrected chi connectivity index (χ3v) is 5.06. The van der Waals surface area contributed by atoms with Crippen molar-refractivity contribution in [3.63, 3.8) is 0 Å². The van der Waals surface area contributed by atoms with Gasteiger partial charge in [-0.15, -0.1) is 0 Å². The summed E-state index contributed by atoms with van der Waals surface area (Å²) in [5, 5.41) is 16.2. The zero-order valence-corrected chi connectivity index (χ0v) is 12.8. The van der Waals surface area contributed by atoms with Crippen molar-refractivity contribution in [2.75, 3.05) is 5.32 Å². The van der Waals surface area contributed by atoms with Crippen molar-refractivity contribution < 1.29 is 9.90 Å². The molecule has 0 spiro atoms. The Morgan fingerprint density at radius 1 is 1.35 bits per heavy atom. The fourth-order valence-corrected chi connectivity index (χ4v) is 3.72. The topological polar surface area (TPSA) is 61.4 Å². The van der Waals surface area contributed by atoms with E-state index in [1.807, 2.05) is 0 Å². The molecule has 20 heavy (non-hydrogen) atoms. The Bertz CT molecular complexity index is 507. The number of benzene rings is 1. The van der Waals surface area contributed by atoms with Gasteiger partial charge in [-0.25, -0.2) is 0 Å². The number of anilines is 1. The van der Waals surface area contributed by atoms with Crippen LogP contribution in [0.15, 0.2) is 22.7 Å². The highest BCUT2D eigenvalue weighted by molar-refractivity contribution is 9.10. The van der Waals surface area contributed by atoms with Gasteiger partial charge >= 0.3 is 0 Å². The molecule has 1 aromatic carbocycles. The molecule has 5 heteroatoms. The highest BCUT2D eigenvalue weighted by Crippen LogP contribution is 2.35. The summed E-state index contributed by atoms with van der Waals surface area (Å²) in [6.07, 6.45) is 5.85. The third kappa shape index (κ3) is 2.69. The van der Waals surface area contributed by atoms with E-state index in [0.717, 1.165) is 6.42 Å². The number of aromatic hydroxyl groups is 1. The number of hydrogen-bond donors (Lipinski definition) is 3. The molecule has 3 unspecified atom stereocenters. The van der Waals surface area contributed by atoms with Crippen LogP contribution in [0.4, 0.5) is 5.69 Å². The minimum Gasteiger partial charge on any atom is -0.505 e. The largest absolute Gasteiger partial charge is 0.505 e. The lowest BCUT2D eigenvalue weighted by Crippen LogP contribution is -2.39. The monoisotopic (exact) mass is 338 g/mol. The molecule has 108 valence electrons. The summed E-state index contributed by atoms with van der Waals surface area (Å²) < 4.78 is 0.586. The maximum absolute atomic E-state index is 12.3. The number of rotatable bonds is 2. The summed E-state index contributed by atoms with van der Waals surface area (Å²) in [4.78, 5) is 12.3. The van der Waals surface area contributed by atoms with Gasteiger partial charge in [-0.05, 0) is 53.2 Å². The lowest BCUT2D eigenvalue weighted by atomic mass is 9.85. The van der Waals surface area contributed by atoms with Crippen molar-refractivity contribution in [1.29, 1.82) is 0 Å². The molecule has 1 saturated heterocycles. The second-order valence-corrected chi connectivity index (χ2v) is 6.59. The number of phenols is 1. The summed E-state index contributed by atoms with van der Waals surface area (Å²) >= 11 is 3.25. The van der Waals surface area contributed by atoms with Crippen molar-refractivity contribution in [3.8, 4) is 5.75 Å². The van der Waals surface area contributed by atoms with Crippen LogP contribution in [0, 0.1) is 5.92 Å². The molecule has 1 heterocycles. The summed E-state index contributed by atoms with van der Waals surface area (Å²) in [6.45, 7) is 0. The first kappa shape index (κ1) is 13.9. The Hall–Kier alpha value is -1.07. The molecule has 1 aromatic rings. The van der Waals surface area contributed by atoms with Crippen molar-refractivity contribution in [2.24, 2.45) is 5.92 Å². The number of para-hydroxylation sites is 1. The zero-order chi connectivity index (χ0) is 14.1. The Labute approximate surface area is 127 Å². The first-order valence-corrected chi connectivity index (χ1v) is 7.99. The number of phenolic OH excluding ortho intramolecular Hbond substituents is 1. The first-order valence-electron chi connectivity index (χ1n) is 7.19. The van der Waals surface area contributed by atoms with Gasteiger partial charge in [-0.3, -0.25) is 4.79 Å². The van der Waals surface area contributed by atoms with Crippen LogP contribution in [0.3, 0.4) is 0 Å². The quantitative estimate of drug-likeness (QED) is 0.726. The van der Waals surface area contributed by atoms with E-state index < -0.39 is 0 Å². The molecule has 0 aromatic heterocycles. The number of hydrogen-bond acceptors (Lipinski definition) is 3. The maximum Gasteiger partial charge on any atom is 0.241 e. The van der Waals surface area contributed by atoms with Gasteiger partial charge in [-0.2, -0.15) is 0 Å². The molecule has 1 aliphatic heterocycles. The molecule has 0 radical (unpaired) electrons. The van der Waals surface area contributed by atoms with Crippen LogP contribution in [-0.4, -0.2) is 23.1 Å². The summed E-state index contributed by atoms with van der Waals surface area (Å²) in [5.74, 6) is 0.666. The summed E-state index contributed by atoms with van der Waals surface area (Å²) in [7, 11) is 0. The first-order chi connectivity index (χ1) is 9.65. The zero-order valence-electron chi connectivity index (χ0n) is 11.2. The van der Waals surface area contributed by atoms with E-state index in [9.17, 15) is 9.90 Å². The fraction of sp³-hybridized carbons (Fsp3) is 0.533. The van der Waals surface area contributed by atoms with Crippen LogP contribution >= 0.6 is 15.9 Å². The fourth-order valence-electron chi connectivity index (χ4n) is 3.36. The molecule has 4 nitrogen and oxygen atoms in total. The SMILES string of the molecule is O=C(Nc1cccc(Br)c1O)C1CC2CCCCC2N1. The Morgan fingerprint density at radius 3 is 2.95 bits per heavy atom. The van der Waals surface area contributed by atoms with Crippen LogP contribution in [0.25, 0.3) is 0 Å². The highest BCUT2D eigenvalue weighted by Gasteiger charge is 2.38. The molecule has 0 bridgehead atoms. The summed E-state index contributed by atoms with van der Waals surface area (Å²) in [5.41, 5.74) is 0.459. The van der Waals surface area contributed by atoms with Gasteiger partial charge in [0, 0.05) is 6.04 Å². The molecule has 3 N–H and O–H groups in total. The van der Waals surface area contributed by atoms with E-state index in [-0.39, 0.29) is 17.7 Å². The molecule has 2 aliphatic rings. The minimum atomic E-state index is -0.138. The second kappa shape index (κ2) is 5.74. The average molecular weight is 339 g/mol. The smallest absolute Gasteiger partial charge is 0.241 e. The lowest BCUT2D eigenvalue weighted by molar-refractivity contribution is -0.117. The van der Waals surface area contributed by atoms with Gasteiger partial charge in [0.25, 0.3) is 0 Å². The van der Waals surface area contributed by atoms with Gasteiger partial charge in [-0.1, -0.05) is 18.9 Å². The van der Waals surface area contributed by atoms with E-state index in [1.165, 1.54) is 25.7 Å². The number of nitrogens with one attached hydrogen (secondary N) is 2. The van der Waals surface area contributed by atoms with E-state index in [4.69, 9.17) is 0 Å². The van der Waals surface area contributed by atoms with Crippen LogP contribution in [0.1, 0.15) is 32.1 Å². The van der Waals surface area contributed by atoms with Crippen LogP contribution in [-0.2, 0) is 4.79 Å². The predicted octanol–water partition coefficient (Wildman–Crippen LogP) is 3.01. The Kier molecular flexibility index (Phi) is 3.98. The van der Waals surface area contributed by atoms with E-state index in [2.05, 4.69) is 26.6 Å². The number of carbonyl (C=O) groups is 1. The van der Waals surface area contributed by atoms with Gasteiger partial charge in [0.05, 0.1) is 16.2 Å². The lowest BCUT2D eigenvalue weighted by Gasteiger charge is -2.24. The maximum atomic E-state index is 12.3. The third-order valence-electron chi connectivity index (χ3n) is 4.42. The summed E-state index contributed by atoms with van der Waals surface area (Å²) in [6, 6.07) is 5.60. The van der Waals surface area contributed by atoms with Gasteiger partial charge in [0.2, 0.25) is 5.91 Å². The van der Waals surface area contributed by atoms with E-state index >= 15 is 0 Å². The average Bonchev–Trinajstić information content (AvgIpc) is 2.88. The Balaban J connectivity index is 1.66. The van der Waals surface area contributed by atoms with Crippen LogP contribution in [0.2, 0.25) is 0 Å². The number of fused-ring (bicyclic) bond motifs is 1. The minimum absolute atomic E-state index is 0.0483. The standard InChI is InChI=1S/C15H19BrN2O2/c16-10-5-3-7-12(14(10)19)18-15(20)13-8-9-4-1-2-6-11(9)17-13/h3,5,7,9,11,13,17,19H,1-2,4,6,8H2,(H,18,20). The number of amides is 1. The second-order valence-electron chi connectivity index (χ2n) is 5.73. The number of halogens is 1. The molecular weight excluding hydrogens is 320 g/mol. The Morgan fingerprint density at radius 2 is 2.15 bits per heavy atom. The molecule has 3 atom stereocenters. The molecular formula is C15H19BrN2O2. The van der Waals surface area contributed by atoms with Crippen molar-refractivity contribution in [3.05, 3.63) is 22.7 Å². The van der Waals surface area contributed by atoms with Crippen molar-refractivity contribution >= 4 is 27.5 Å². The van der Waals surface area contributed by atoms with Gasteiger partial charge in [0.1, 0.15) is 0 Å². The predicted molar refractivity (Wildman–Crippen MR) is 81.7 cm³/mol. The molecule has 1 amide bonds. The van der Waals surface area contributed by atoms with E-state index in [0.29, 0.717) is 22.1 Å².